The molecule has 2 aromatic carbocycles. The van der Waals surface area contributed by atoms with Gasteiger partial charge in [0.2, 0.25) is 0 Å². The van der Waals surface area contributed by atoms with E-state index in [0.29, 0.717) is 24.4 Å². The van der Waals surface area contributed by atoms with Gasteiger partial charge in [-0.05, 0) is 42.5 Å². The Morgan fingerprint density at radius 2 is 2.00 bits per heavy atom. The molecule has 0 unspecified atom stereocenters. The van der Waals surface area contributed by atoms with Crippen LogP contribution in [0.4, 0.5) is 10.5 Å². The lowest BCUT2D eigenvalue weighted by Crippen LogP contribution is -2.32. The first-order valence-electron chi connectivity index (χ1n) is 6.61. The molecular formula is C16H14BrN3O2. The third kappa shape index (κ3) is 5.11. The Bertz CT molecular complexity index is 681. The number of ether oxygens (including phenoxy) is 1. The highest BCUT2D eigenvalue weighted by molar-refractivity contribution is 9.10. The van der Waals surface area contributed by atoms with Crippen molar-refractivity contribution in [1.29, 1.82) is 5.26 Å². The van der Waals surface area contributed by atoms with E-state index in [-0.39, 0.29) is 6.03 Å². The average Bonchev–Trinajstić information content (AvgIpc) is 2.52. The van der Waals surface area contributed by atoms with E-state index in [9.17, 15) is 4.79 Å². The van der Waals surface area contributed by atoms with Crippen molar-refractivity contribution in [2.24, 2.45) is 0 Å². The molecule has 2 N–H and O–H groups in total. The van der Waals surface area contributed by atoms with Crippen LogP contribution in [-0.4, -0.2) is 19.2 Å². The first-order valence-corrected chi connectivity index (χ1v) is 7.40. The van der Waals surface area contributed by atoms with E-state index in [1.54, 1.807) is 24.3 Å². The zero-order valence-electron chi connectivity index (χ0n) is 11.7. The van der Waals surface area contributed by atoms with Crippen LogP contribution in [0.25, 0.3) is 0 Å². The fraction of sp³-hybridized carbons (Fsp3) is 0.125. The summed E-state index contributed by atoms with van der Waals surface area (Å²) < 4.78 is 6.45. The lowest BCUT2D eigenvalue weighted by Gasteiger charge is -2.09. The maximum Gasteiger partial charge on any atom is 0.319 e. The number of carbonyl (C=O) groups is 1. The summed E-state index contributed by atoms with van der Waals surface area (Å²) >= 11 is 3.36. The number of rotatable bonds is 5. The second kappa shape index (κ2) is 8.05. The summed E-state index contributed by atoms with van der Waals surface area (Å²) in [5, 5.41) is 14.1. The number of anilines is 1. The Morgan fingerprint density at radius 3 is 2.68 bits per heavy atom. The number of nitrogens with one attached hydrogen (secondary N) is 2. The smallest absolute Gasteiger partial charge is 0.319 e. The number of amides is 2. The molecule has 2 rings (SSSR count). The number of urea groups is 1. The largest absolute Gasteiger partial charge is 0.492 e. The van der Waals surface area contributed by atoms with E-state index in [4.69, 9.17) is 10.00 Å². The normalized spacial score (nSPS) is 9.64. The van der Waals surface area contributed by atoms with Gasteiger partial charge in [0.25, 0.3) is 0 Å². The van der Waals surface area contributed by atoms with Crippen LogP contribution in [0, 0.1) is 11.3 Å². The van der Waals surface area contributed by atoms with Crippen molar-refractivity contribution >= 4 is 27.6 Å². The van der Waals surface area contributed by atoms with Crippen LogP contribution < -0.4 is 15.4 Å². The molecule has 6 heteroatoms. The van der Waals surface area contributed by atoms with Crippen LogP contribution in [0.1, 0.15) is 5.56 Å². The van der Waals surface area contributed by atoms with E-state index >= 15 is 0 Å². The molecule has 0 atom stereocenters. The van der Waals surface area contributed by atoms with Gasteiger partial charge in [0, 0.05) is 10.2 Å². The molecule has 0 saturated heterocycles. The predicted octanol–water partition coefficient (Wildman–Crippen LogP) is 3.52. The van der Waals surface area contributed by atoms with E-state index in [1.165, 1.54) is 0 Å². The molecule has 0 aliphatic rings. The van der Waals surface area contributed by atoms with Crippen LogP contribution >= 0.6 is 15.9 Å². The summed E-state index contributed by atoms with van der Waals surface area (Å²) in [7, 11) is 0. The minimum absolute atomic E-state index is 0.317. The number of nitriles is 1. The molecule has 0 aliphatic carbocycles. The standard InChI is InChI=1S/C16H14BrN3O2/c17-13-2-1-3-15(10-13)22-9-8-19-16(21)20-14-6-4-12(11-18)5-7-14/h1-7,10H,8-9H2,(H2,19,20,21). The van der Waals surface area contributed by atoms with Crippen molar-refractivity contribution in [3.05, 3.63) is 58.6 Å². The number of hydrogen-bond donors (Lipinski definition) is 2. The number of benzene rings is 2. The summed E-state index contributed by atoms with van der Waals surface area (Å²) in [5.74, 6) is 0.740. The van der Waals surface area contributed by atoms with E-state index in [2.05, 4.69) is 26.6 Å². The monoisotopic (exact) mass is 359 g/mol. The molecule has 22 heavy (non-hydrogen) atoms. The molecule has 0 radical (unpaired) electrons. The quantitative estimate of drug-likeness (QED) is 0.802. The van der Waals surface area contributed by atoms with E-state index in [1.807, 2.05) is 30.3 Å². The molecule has 0 spiro atoms. The minimum Gasteiger partial charge on any atom is -0.492 e. The van der Waals surface area contributed by atoms with Gasteiger partial charge in [-0.15, -0.1) is 0 Å². The topological polar surface area (TPSA) is 74.2 Å². The van der Waals surface area contributed by atoms with Crippen LogP contribution in [-0.2, 0) is 0 Å². The van der Waals surface area contributed by atoms with Gasteiger partial charge in [0.05, 0.1) is 18.2 Å². The molecule has 0 aliphatic heterocycles. The fourth-order valence-corrected chi connectivity index (χ4v) is 2.07. The Morgan fingerprint density at radius 1 is 1.23 bits per heavy atom. The summed E-state index contributed by atoms with van der Waals surface area (Å²) in [5.41, 5.74) is 1.18. The van der Waals surface area contributed by atoms with Crippen LogP contribution in [0.15, 0.2) is 53.0 Å². The zero-order chi connectivity index (χ0) is 15.8. The summed E-state index contributed by atoms with van der Waals surface area (Å²) in [6, 6.07) is 15.8. The van der Waals surface area contributed by atoms with E-state index in [0.717, 1.165) is 10.2 Å². The summed E-state index contributed by atoms with van der Waals surface area (Å²) in [4.78, 5) is 11.7. The molecule has 5 nitrogen and oxygen atoms in total. The van der Waals surface area contributed by atoms with Crippen LogP contribution in [0.5, 0.6) is 5.75 Å². The molecule has 0 saturated carbocycles. The Labute approximate surface area is 137 Å². The highest BCUT2D eigenvalue weighted by Gasteiger charge is 2.01. The van der Waals surface area contributed by atoms with E-state index < -0.39 is 0 Å². The van der Waals surface area contributed by atoms with Crippen molar-refractivity contribution in [1.82, 2.24) is 5.32 Å². The number of hydrogen-bond acceptors (Lipinski definition) is 3. The molecule has 0 bridgehead atoms. The van der Waals surface area contributed by atoms with Gasteiger partial charge in [-0.1, -0.05) is 22.0 Å². The first-order chi connectivity index (χ1) is 10.7. The molecule has 0 fully saturated rings. The molecule has 2 amide bonds. The first kappa shape index (κ1) is 15.9. The number of halogens is 1. The van der Waals surface area contributed by atoms with Crippen LogP contribution in [0.3, 0.4) is 0 Å². The molecule has 112 valence electrons. The molecule has 2 aromatic rings. The number of nitrogens with zero attached hydrogens (tertiary/aromatic N) is 1. The number of carbonyl (C=O) groups excluding carboxylic acids is 1. The average molecular weight is 360 g/mol. The predicted molar refractivity (Wildman–Crippen MR) is 87.8 cm³/mol. The van der Waals surface area contributed by atoms with Gasteiger partial charge in [-0.3, -0.25) is 0 Å². The highest BCUT2D eigenvalue weighted by Crippen LogP contribution is 2.17. The van der Waals surface area contributed by atoms with Gasteiger partial charge in [-0.2, -0.15) is 5.26 Å². The van der Waals surface area contributed by atoms with Crippen molar-refractivity contribution in [3.63, 3.8) is 0 Å². The second-order valence-corrected chi connectivity index (χ2v) is 5.29. The van der Waals surface area contributed by atoms with Crippen molar-refractivity contribution in [2.75, 3.05) is 18.5 Å². The Hall–Kier alpha value is -2.52. The van der Waals surface area contributed by atoms with Crippen molar-refractivity contribution in [3.8, 4) is 11.8 Å². The maximum absolute atomic E-state index is 11.7. The summed E-state index contributed by atoms with van der Waals surface area (Å²) in [6.07, 6.45) is 0. The highest BCUT2D eigenvalue weighted by atomic mass is 79.9. The van der Waals surface area contributed by atoms with Gasteiger partial charge in [-0.25, -0.2) is 4.79 Å². The molecule has 0 heterocycles. The summed E-state index contributed by atoms with van der Waals surface area (Å²) in [6.45, 7) is 0.756. The zero-order valence-corrected chi connectivity index (χ0v) is 13.3. The molecule has 0 aromatic heterocycles. The fourth-order valence-electron chi connectivity index (χ4n) is 1.69. The Kier molecular flexibility index (Phi) is 5.81. The van der Waals surface area contributed by atoms with Gasteiger partial charge in [0.15, 0.2) is 0 Å². The third-order valence-electron chi connectivity index (χ3n) is 2.72. The Balaban J connectivity index is 1.70. The second-order valence-electron chi connectivity index (χ2n) is 4.38. The van der Waals surface area contributed by atoms with Gasteiger partial charge < -0.3 is 15.4 Å². The van der Waals surface area contributed by atoms with Gasteiger partial charge >= 0.3 is 6.03 Å². The third-order valence-corrected chi connectivity index (χ3v) is 3.22. The van der Waals surface area contributed by atoms with Gasteiger partial charge in [0.1, 0.15) is 12.4 Å². The van der Waals surface area contributed by atoms with Crippen LogP contribution in [0.2, 0.25) is 0 Å². The molecular weight excluding hydrogens is 346 g/mol. The SMILES string of the molecule is N#Cc1ccc(NC(=O)NCCOc2cccc(Br)c2)cc1. The lowest BCUT2D eigenvalue weighted by molar-refractivity contribution is 0.247. The van der Waals surface area contributed by atoms with Crippen molar-refractivity contribution < 1.29 is 9.53 Å². The maximum atomic E-state index is 11.7. The van der Waals surface area contributed by atoms with Crippen molar-refractivity contribution in [2.45, 2.75) is 0 Å². The lowest BCUT2D eigenvalue weighted by atomic mass is 10.2. The minimum atomic E-state index is -0.317.